The molecule has 2 aliphatic rings. The van der Waals surface area contributed by atoms with Crippen molar-refractivity contribution in [3.8, 4) is 5.88 Å². The monoisotopic (exact) mass is 467 g/mol. The summed E-state index contributed by atoms with van der Waals surface area (Å²) in [5, 5.41) is 7.12. The number of carbonyl (C=O) groups is 2. The quantitative estimate of drug-likeness (QED) is 0.731. The van der Waals surface area contributed by atoms with Crippen LogP contribution in [0, 0.1) is 0 Å². The molecule has 1 amide bonds. The fourth-order valence-electron chi connectivity index (χ4n) is 4.09. The summed E-state index contributed by atoms with van der Waals surface area (Å²) >= 11 is 0. The molecule has 0 bridgehead atoms. The number of methoxy groups -OCH3 is 1. The van der Waals surface area contributed by atoms with Gasteiger partial charge in [0.25, 0.3) is 0 Å². The predicted octanol–water partition coefficient (Wildman–Crippen LogP) is 2.68. The van der Waals surface area contributed by atoms with Crippen LogP contribution in [0.3, 0.4) is 0 Å². The Balaban J connectivity index is 0.000000383. The first-order valence-electron chi connectivity index (χ1n) is 10.2. The van der Waals surface area contributed by atoms with E-state index in [1.54, 1.807) is 13.3 Å². The number of halogens is 3. The molecule has 2 aromatic heterocycles. The van der Waals surface area contributed by atoms with E-state index in [2.05, 4.69) is 24.8 Å². The fraction of sp³-hybridized carbons (Fsp3) is 0.476. The predicted molar refractivity (Wildman–Crippen MR) is 110 cm³/mol. The molecule has 0 unspecified atom stereocenters. The first kappa shape index (κ1) is 24.2. The number of alkyl halides is 3. The number of rotatable bonds is 4. The van der Waals surface area contributed by atoms with Gasteiger partial charge >= 0.3 is 12.1 Å². The summed E-state index contributed by atoms with van der Waals surface area (Å²) in [7, 11) is 1.61. The highest BCUT2D eigenvalue weighted by Crippen LogP contribution is 2.40. The molecule has 12 heteroatoms. The summed E-state index contributed by atoms with van der Waals surface area (Å²) in [6.45, 7) is 2.39. The van der Waals surface area contributed by atoms with Crippen molar-refractivity contribution in [2.75, 3.05) is 25.1 Å². The highest BCUT2D eigenvalue weighted by atomic mass is 19.4. The molecule has 2 aliphatic heterocycles. The number of amides is 1. The zero-order valence-electron chi connectivity index (χ0n) is 18.0. The molecule has 0 saturated carbocycles. The Hall–Kier alpha value is -3.44. The standard InChI is InChI=1S/C19H23N5O2.C2HF3O2/c1-26-17-11-16(21-14-22-17)23-9-6-19(7-10-23)5-4-18(25)24(19)13-15-3-2-8-20-12-15;3-2(4,5)1(6)7/h2-3,8,11-12,14H,4-7,9-10,13H2,1H3;(H,6,7). The minimum atomic E-state index is -5.08. The second-order valence-corrected chi connectivity index (χ2v) is 7.77. The number of piperidine rings is 1. The van der Waals surface area contributed by atoms with E-state index in [0.29, 0.717) is 18.8 Å². The topological polar surface area (TPSA) is 109 Å². The second kappa shape index (κ2) is 10.0. The normalized spacial score (nSPS) is 17.5. The molecule has 0 aliphatic carbocycles. The van der Waals surface area contributed by atoms with Gasteiger partial charge in [0.15, 0.2) is 0 Å². The molecule has 33 heavy (non-hydrogen) atoms. The maximum absolute atomic E-state index is 12.5. The average Bonchev–Trinajstić information content (AvgIpc) is 3.10. The lowest BCUT2D eigenvalue weighted by molar-refractivity contribution is -0.192. The highest BCUT2D eigenvalue weighted by Gasteiger charge is 2.46. The Labute approximate surface area is 188 Å². The van der Waals surface area contributed by atoms with E-state index < -0.39 is 12.1 Å². The number of carbonyl (C=O) groups excluding carboxylic acids is 1. The van der Waals surface area contributed by atoms with Gasteiger partial charge in [0.05, 0.1) is 7.11 Å². The number of carboxylic acids is 1. The molecule has 4 heterocycles. The number of aromatic nitrogens is 3. The average molecular weight is 467 g/mol. The van der Waals surface area contributed by atoms with Crippen LogP contribution in [-0.4, -0.2) is 68.7 Å². The molecular formula is C21H24F3N5O4. The van der Waals surface area contributed by atoms with Crippen LogP contribution >= 0.6 is 0 Å². The van der Waals surface area contributed by atoms with Gasteiger partial charge in [0.1, 0.15) is 12.1 Å². The number of carboxylic acid groups (broad SMARTS) is 1. The third kappa shape index (κ3) is 5.88. The molecule has 0 aromatic carbocycles. The van der Waals surface area contributed by atoms with Gasteiger partial charge in [-0.2, -0.15) is 13.2 Å². The molecule has 4 rings (SSSR count). The number of hydrogen-bond acceptors (Lipinski definition) is 7. The number of aliphatic carboxylic acids is 1. The largest absolute Gasteiger partial charge is 0.490 e. The third-order valence-electron chi connectivity index (χ3n) is 5.84. The summed E-state index contributed by atoms with van der Waals surface area (Å²) in [6.07, 6.45) is 3.54. The maximum atomic E-state index is 12.5. The molecule has 2 aromatic rings. The Morgan fingerprint density at radius 1 is 1.24 bits per heavy atom. The van der Waals surface area contributed by atoms with Gasteiger partial charge < -0.3 is 19.6 Å². The van der Waals surface area contributed by atoms with Crippen molar-refractivity contribution in [1.82, 2.24) is 19.9 Å². The van der Waals surface area contributed by atoms with Crippen LogP contribution < -0.4 is 9.64 Å². The van der Waals surface area contributed by atoms with Crippen molar-refractivity contribution in [2.45, 2.75) is 43.9 Å². The smallest absolute Gasteiger partial charge is 0.481 e. The van der Waals surface area contributed by atoms with E-state index in [9.17, 15) is 18.0 Å². The highest BCUT2D eigenvalue weighted by molar-refractivity contribution is 5.79. The molecular weight excluding hydrogens is 443 g/mol. The van der Waals surface area contributed by atoms with Crippen LogP contribution in [-0.2, 0) is 16.1 Å². The molecule has 2 fully saturated rings. The third-order valence-corrected chi connectivity index (χ3v) is 5.84. The number of anilines is 1. The first-order valence-corrected chi connectivity index (χ1v) is 10.2. The lowest BCUT2D eigenvalue weighted by atomic mass is 9.84. The Bertz CT molecular complexity index is 966. The molecule has 1 N–H and O–H groups in total. The molecule has 0 radical (unpaired) electrons. The van der Waals surface area contributed by atoms with Gasteiger partial charge in [0.2, 0.25) is 11.8 Å². The van der Waals surface area contributed by atoms with Gasteiger partial charge in [-0.05, 0) is 30.9 Å². The van der Waals surface area contributed by atoms with Crippen molar-refractivity contribution < 1.29 is 32.6 Å². The second-order valence-electron chi connectivity index (χ2n) is 7.77. The number of likely N-dealkylation sites (tertiary alicyclic amines) is 1. The first-order chi connectivity index (χ1) is 15.6. The van der Waals surface area contributed by atoms with Crippen molar-refractivity contribution in [1.29, 1.82) is 0 Å². The van der Waals surface area contributed by atoms with Crippen molar-refractivity contribution in [2.24, 2.45) is 0 Å². The minimum Gasteiger partial charge on any atom is -0.481 e. The Morgan fingerprint density at radius 2 is 1.94 bits per heavy atom. The molecule has 1 spiro atoms. The van der Waals surface area contributed by atoms with E-state index in [4.69, 9.17) is 14.6 Å². The lowest BCUT2D eigenvalue weighted by Crippen LogP contribution is -2.53. The van der Waals surface area contributed by atoms with Crippen LogP contribution in [0.1, 0.15) is 31.2 Å². The van der Waals surface area contributed by atoms with Crippen LogP contribution in [0.2, 0.25) is 0 Å². The Kier molecular flexibility index (Phi) is 7.34. The Morgan fingerprint density at radius 3 is 2.52 bits per heavy atom. The molecule has 2 saturated heterocycles. The van der Waals surface area contributed by atoms with Crippen LogP contribution in [0.25, 0.3) is 0 Å². The lowest BCUT2D eigenvalue weighted by Gasteiger charge is -2.45. The SMILES string of the molecule is COc1cc(N2CCC3(CCC(=O)N3Cc3cccnc3)CC2)ncn1.O=C(O)C(F)(F)F. The van der Waals surface area contributed by atoms with Crippen molar-refractivity contribution in [3.63, 3.8) is 0 Å². The number of pyridine rings is 1. The van der Waals surface area contributed by atoms with Gasteiger partial charge in [-0.1, -0.05) is 6.07 Å². The zero-order valence-corrected chi connectivity index (χ0v) is 18.0. The minimum absolute atomic E-state index is 0.0411. The molecule has 178 valence electrons. The molecule has 9 nitrogen and oxygen atoms in total. The van der Waals surface area contributed by atoms with Crippen LogP contribution in [0.5, 0.6) is 5.88 Å². The number of nitrogens with zero attached hydrogens (tertiary/aromatic N) is 5. The maximum Gasteiger partial charge on any atom is 0.490 e. The van der Waals surface area contributed by atoms with Gasteiger partial charge in [0, 0.05) is 50.1 Å². The summed E-state index contributed by atoms with van der Waals surface area (Å²) in [5.74, 6) is -1.04. The van der Waals surface area contributed by atoms with E-state index in [1.165, 1.54) is 6.33 Å². The number of ether oxygens (including phenoxy) is 1. The summed E-state index contributed by atoms with van der Waals surface area (Å²) in [6, 6.07) is 5.83. The molecule has 0 atom stereocenters. The van der Waals surface area contributed by atoms with Gasteiger partial charge in [-0.15, -0.1) is 0 Å². The summed E-state index contributed by atoms with van der Waals surface area (Å²) in [4.78, 5) is 38.4. The van der Waals surface area contributed by atoms with E-state index >= 15 is 0 Å². The van der Waals surface area contributed by atoms with Crippen molar-refractivity contribution >= 4 is 17.7 Å². The summed E-state index contributed by atoms with van der Waals surface area (Å²) in [5.41, 5.74) is 1.05. The van der Waals surface area contributed by atoms with Crippen molar-refractivity contribution in [3.05, 3.63) is 42.5 Å². The van der Waals surface area contributed by atoms with E-state index in [0.717, 1.165) is 43.7 Å². The number of hydrogen-bond donors (Lipinski definition) is 1. The van der Waals surface area contributed by atoms with Crippen LogP contribution in [0.4, 0.5) is 19.0 Å². The van der Waals surface area contributed by atoms with E-state index in [-0.39, 0.29) is 11.4 Å². The fourth-order valence-corrected chi connectivity index (χ4v) is 4.09. The van der Waals surface area contributed by atoms with E-state index in [1.807, 2.05) is 24.4 Å². The van der Waals surface area contributed by atoms with Gasteiger partial charge in [-0.3, -0.25) is 9.78 Å². The van der Waals surface area contributed by atoms with Gasteiger partial charge in [-0.25, -0.2) is 14.8 Å². The summed E-state index contributed by atoms with van der Waals surface area (Å²) < 4.78 is 36.9. The van der Waals surface area contributed by atoms with Crippen LogP contribution in [0.15, 0.2) is 36.9 Å². The zero-order chi connectivity index (χ0) is 24.1.